The summed E-state index contributed by atoms with van der Waals surface area (Å²) in [6, 6.07) is 0. The van der Waals surface area contributed by atoms with E-state index in [1.807, 2.05) is 0 Å². The predicted molar refractivity (Wildman–Crippen MR) is 18.1 cm³/mol. The van der Waals surface area contributed by atoms with Gasteiger partial charge in [-0.1, -0.05) is 0 Å². The zero-order valence-corrected chi connectivity index (χ0v) is 2.47. The largest absolute Gasteiger partial charge is 0.531 e. The van der Waals surface area contributed by atoms with Crippen LogP contribution >= 0.6 is 0 Å². The quantitative estimate of drug-likeness (QED) is 0.408. The van der Waals surface area contributed by atoms with Gasteiger partial charge in [-0.2, -0.15) is 0 Å². The highest BCUT2D eigenvalue weighted by Gasteiger charge is 1.77. The molecule has 1 heterocycles. The molecule has 0 aromatic heterocycles. The first-order chi connectivity index (χ1) is 2.39. The van der Waals surface area contributed by atoms with Crippen molar-refractivity contribution in [2.75, 3.05) is 0 Å². The van der Waals surface area contributed by atoms with Gasteiger partial charge in [-0.15, -0.1) is 0 Å². The van der Waals surface area contributed by atoms with E-state index >= 15 is 0 Å². The number of hydrogen-bond donors (Lipinski definition) is 1. The smallest absolute Gasteiger partial charge is 0.0402 e. The van der Waals surface area contributed by atoms with E-state index in [1.54, 1.807) is 0 Å². The zero-order valence-electron chi connectivity index (χ0n) is 2.47. The van der Waals surface area contributed by atoms with Crippen molar-refractivity contribution in [2.24, 2.45) is 4.99 Å². The number of aliphatic hydroxyl groups is 1. The average molecular weight is 68.1 g/mol. The second-order valence-electron chi connectivity index (χ2n) is 0.755. The molecule has 0 saturated heterocycles. The van der Waals surface area contributed by atoms with Gasteiger partial charge in [0.15, 0.2) is 0 Å². The Morgan fingerprint density at radius 1 is 2.00 bits per heavy atom. The molecule has 0 bridgehead atoms. The second-order valence-corrected chi connectivity index (χ2v) is 0.755. The topological polar surface area (TPSA) is 32.6 Å². The fourth-order valence-corrected chi connectivity index (χ4v) is 0.122. The maximum Gasteiger partial charge on any atom is 0.0402 e. The van der Waals surface area contributed by atoms with E-state index in [-0.39, 0.29) is 5.76 Å². The summed E-state index contributed by atoms with van der Waals surface area (Å²) in [6.45, 7) is 0. The fourth-order valence-electron chi connectivity index (χ4n) is 0.122. The molecular formula is C3H2NO-. The van der Waals surface area contributed by atoms with Gasteiger partial charge in [0, 0.05) is 5.76 Å². The molecule has 2 heteroatoms. The van der Waals surface area contributed by atoms with Gasteiger partial charge in [0.1, 0.15) is 0 Å². The van der Waals surface area contributed by atoms with Crippen LogP contribution in [-0.2, 0) is 0 Å². The Labute approximate surface area is 29.5 Å². The lowest BCUT2D eigenvalue weighted by atomic mass is 10.5. The van der Waals surface area contributed by atoms with Crippen LogP contribution < -0.4 is 0 Å². The molecule has 1 N–H and O–H groups in total. The van der Waals surface area contributed by atoms with Gasteiger partial charge in [-0.3, -0.25) is 0 Å². The van der Waals surface area contributed by atoms with E-state index < -0.39 is 0 Å². The summed E-state index contributed by atoms with van der Waals surface area (Å²) in [7, 11) is 0. The van der Waals surface area contributed by atoms with E-state index in [4.69, 9.17) is 5.11 Å². The third kappa shape index (κ3) is 0.173. The molecular weight excluding hydrogens is 66.0 g/mol. The lowest BCUT2D eigenvalue weighted by Crippen LogP contribution is -1.86. The minimum Gasteiger partial charge on any atom is -0.531 e. The predicted octanol–water partition coefficient (Wildman–Crippen LogP) is 0.347. The van der Waals surface area contributed by atoms with E-state index in [2.05, 4.69) is 11.2 Å². The second kappa shape index (κ2) is 0.578. The third-order valence-electron chi connectivity index (χ3n) is 0.366. The minimum atomic E-state index is 0.144. The van der Waals surface area contributed by atoms with E-state index in [1.165, 1.54) is 6.20 Å². The summed E-state index contributed by atoms with van der Waals surface area (Å²) < 4.78 is 0. The maximum atomic E-state index is 8.10. The summed E-state index contributed by atoms with van der Waals surface area (Å²) in [5.41, 5.74) is 0. The van der Waals surface area contributed by atoms with Crippen molar-refractivity contribution >= 4 is 6.21 Å². The molecule has 0 atom stereocenters. The van der Waals surface area contributed by atoms with Crippen LogP contribution in [0.15, 0.2) is 17.0 Å². The van der Waals surface area contributed by atoms with Crippen molar-refractivity contribution in [1.82, 2.24) is 0 Å². The van der Waals surface area contributed by atoms with Crippen LogP contribution in [-0.4, -0.2) is 11.3 Å². The van der Waals surface area contributed by atoms with Crippen molar-refractivity contribution in [3.05, 3.63) is 12.0 Å². The van der Waals surface area contributed by atoms with Gasteiger partial charge in [-0.25, -0.2) is 0 Å². The Balaban J connectivity index is 2.60. The van der Waals surface area contributed by atoms with E-state index in [9.17, 15) is 0 Å². The van der Waals surface area contributed by atoms with Crippen LogP contribution in [0.1, 0.15) is 0 Å². The summed E-state index contributed by atoms with van der Waals surface area (Å²) >= 11 is 0. The van der Waals surface area contributed by atoms with Crippen LogP contribution in [0.3, 0.4) is 0 Å². The van der Waals surface area contributed by atoms with Crippen LogP contribution in [0, 0.1) is 0 Å². The van der Waals surface area contributed by atoms with Crippen molar-refractivity contribution in [3.63, 3.8) is 0 Å². The third-order valence-corrected chi connectivity index (χ3v) is 0.366. The highest BCUT2D eigenvalue weighted by Crippen LogP contribution is 1.91. The number of hydrogen-bond acceptors (Lipinski definition) is 2. The van der Waals surface area contributed by atoms with Gasteiger partial charge < -0.3 is 10.1 Å². The molecule has 0 aromatic carbocycles. The Hall–Kier alpha value is -0.790. The Kier molecular flexibility index (Phi) is 0.283. The van der Waals surface area contributed by atoms with E-state index in [0.29, 0.717) is 0 Å². The van der Waals surface area contributed by atoms with Crippen LogP contribution in [0.4, 0.5) is 0 Å². The number of nitrogens with zero attached hydrogens (tertiary/aromatic N) is 1. The molecule has 2 nitrogen and oxygen atoms in total. The first kappa shape index (κ1) is 2.45. The molecule has 1 rings (SSSR count). The van der Waals surface area contributed by atoms with Gasteiger partial charge in [0.25, 0.3) is 0 Å². The van der Waals surface area contributed by atoms with Crippen LogP contribution in [0.5, 0.6) is 0 Å². The molecule has 0 radical (unpaired) electrons. The molecule has 0 unspecified atom stereocenters. The molecule has 0 aliphatic carbocycles. The first-order valence-corrected chi connectivity index (χ1v) is 1.24. The molecule has 1 aliphatic heterocycles. The van der Waals surface area contributed by atoms with Crippen LogP contribution in [0.25, 0.3) is 0 Å². The van der Waals surface area contributed by atoms with Crippen molar-refractivity contribution < 1.29 is 5.11 Å². The lowest BCUT2D eigenvalue weighted by Gasteiger charge is -2.00. The number of allylic oxidation sites excluding steroid dienone is 1. The number of rotatable bonds is 0. The summed E-state index contributed by atoms with van der Waals surface area (Å²) in [5.74, 6) is 0.144. The molecule has 0 fully saturated rings. The SMILES string of the molecule is OC1=CN=[C-]1. The normalized spacial score (nSPS) is 17.2. The molecule has 0 amide bonds. The standard InChI is InChI=1S/C3H2NO/c5-3-1-4-2-3/h1,5H/q-1. The highest BCUT2D eigenvalue weighted by atomic mass is 16.3. The Morgan fingerprint density at radius 3 is 2.40 bits per heavy atom. The maximum absolute atomic E-state index is 8.10. The van der Waals surface area contributed by atoms with Gasteiger partial charge in [0.05, 0.1) is 0 Å². The molecule has 26 valence electrons. The molecule has 0 spiro atoms. The highest BCUT2D eigenvalue weighted by molar-refractivity contribution is 5.81. The summed E-state index contributed by atoms with van der Waals surface area (Å²) in [5, 5.41) is 8.10. The van der Waals surface area contributed by atoms with Gasteiger partial charge >= 0.3 is 0 Å². The van der Waals surface area contributed by atoms with Gasteiger partial charge in [0.2, 0.25) is 0 Å². The zero-order chi connectivity index (χ0) is 3.70. The van der Waals surface area contributed by atoms with Crippen molar-refractivity contribution in [3.8, 4) is 0 Å². The monoisotopic (exact) mass is 68.0 g/mol. The summed E-state index contributed by atoms with van der Waals surface area (Å²) in [6.07, 6.45) is 3.58. The number of aliphatic imine (C=N–C) groups is 1. The molecule has 5 heavy (non-hydrogen) atoms. The lowest BCUT2D eigenvalue weighted by molar-refractivity contribution is 0.439. The molecule has 0 aromatic rings. The average Bonchev–Trinajstić information content (AvgIpc) is 1.30. The van der Waals surface area contributed by atoms with E-state index in [0.717, 1.165) is 0 Å². The fraction of sp³-hybridized carbons (Fsp3) is 0. The Morgan fingerprint density at radius 2 is 2.40 bits per heavy atom. The van der Waals surface area contributed by atoms with Crippen molar-refractivity contribution in [2.45, 2.75) is 0 Å². The summed E-state index contributed by atoms with van der Waals surface area (Å²) in [4.78, 5) is 3.34. The molecule has 0 saturated carbocycles. The van der Waals surface area contributed by atoms with Crippen LogP contribution in [0.2, 0.25) is 0 Å². The minimum absolute atomic E-state index is 0.144. The van der Waals surface area contributed by atoms with Gasteiger partial charge in [-0.05, 0) is 12.4 Å². The first-order valence-electron chi connectivity index (χ1n) is 1.24. The van der Waals surface area contributed by atoms with Crippen molar-refractivity contribution in [1.29, 1.82) is 0 Å². The number of aliphatic hydroxyl groups excluding tert-OH is 1. The molecule has 1 aliphatic rings. The Bertz CT molecular complexity index is 93.1.